The smallest absolute Gasteiger partial charge is 0.230 e. The number of thioether (sulfide) groups is 1. The molecule has 3 heterocycles. The number of anilines is 1. The first-order valence-electron chi connectivity index (χ1n) is 9.15. The van der Waals surface area contributed by atoms with Crippen LogP contribution in [0.1, 0.15) is 44.9 Å². The number of aromatic nitrogens is 2. The summed E-state index contributed by atoms with van der Waals surface area (Å²) in [6, 6.07) is 2.48. The van der Waals surface area contributed by atoms with Gasteiger partial charge in [-0.15, -0.1) is 0 Å². The van der Waals surface area contributed by atoms with Gasteiger partial charge in [0.2, 0.25) is 5.91 Å². The Morgan fingerprint density at radius 1 is 1.21 bits per heavy atom. The van der Waals surface area contributed by atoms with Crippen molar-refractivity contribution in [2.75, 3.05) is 30.8 Å². The minimum atomic E-state index is -0.175. The van der Waals surface area contributed by atoms with E-state index in [1.807, 2.05) is 18.5 Å². The van der Waals surface area contributed by atoms with Crippen molar-refractivity contribution < 1.29 is 4.79 Å². The molecule has 1 amide bonds. The molecule has 1 saturated carbocycles. The lowest BCUT2D eigenvalue weighted by atomic mass is 9.77. The van der Waals surface area contributed by atoms with Crippen LogP contribution in [0.5, 0.6) is 0 Å². The molecule has 24 heavy (non-hydrogen) atoms. The molecular formula is C18H26N4OS. The lowest BCUT2D eigenvalue weighted by molar-refractivity contribution is -0.147. The predicted octanol–water partition coefficient (Wildman–Crippen LogP) is 2.96. The third-order valence-electron chi connectivity index (χ3n) is 6.01. The molecule has 3 aliphatic rings. The van der Waals surface area contributed by atoms with Crippen molar-refractivity contribution in [3.63, 3.8) is 0 Å². The van der Waals surface area contributed by atoms with Gasteiger partial charge in [-0.25, -0.2) is 9.97 Å². The lowest BCUT2D eigenvalue weighted by Gasteiger charge is -2.42. The van der Waals surface area contributed by atoms with Gasteiger partial charge in [-0.2, -0.15) is 0 Å². The van der Waals surface area contributed by atoms with E-state index in [-0.39, 0.29) is 5.41 Å². The molecular weight excluding hydrogens is 320 g/mol. The Morgan fingerprint density at radius 2 is 2.04 bits per heavy atom. The molecule has 5 nitrogen and oxygen atoms in total. The van der Waals surface area contributed by atoms with Gasteiger partial charge in [0.05, 0.1) is 5.41 Å². The van der Waals surface area contributed by atoms with Gasteiger partial charge in [-0.1, -0.05) is 24.6 Å². The Kier molecular flexibility index (Phi) is 4.41. The van der Waals surface area contributed by atoms with Gasteiger partial charge in [0.25, 0.3) is 0 Å². The van der Waals surface area contributed by atoms with E-state index in [1.165, 1.54) is 25.7 Å². The molecule has 1 unspecified atom stereocenters. The maximum Gasteiger partial charge on any atom is 0.230 e. The zero-order valence-corrected chi connectivity index (χ0v) is 15.2. The maximum atomic E-state index is 13.3. The minimum absolute atomic E-state index is 0.175. The van der Waals surface area contributed by atoms with Crippen LogP contribution >= 0.6 is 11.8 Å². The number of carbonyl (C=O) groups excluding carboxylic acids is 1. The van der Waals surface area contributed by atoms with Gasteiger partial charge >= 0.3 is 0 Å². The molecule has 4 rings (SSSR count). The highest BCUT2D eigenvalue weighted by Gasteiger charge is 2.50. The normalized spacial score (nSPS) is 28.3. The van der Waals surface area contributed by atoms with Gasteiger partial charge in [0, 0.05) is 31.9 Å². The first-order chi connectivity index (χ1) is 11.7. The lowest BCUT2D eigenvalue weighted by Crippen LogP contribution is -2.53. The van der Waals surface area contributed by atoms with Crippen LogP contribution in [-0.2, 0) is 4.79 Å². The van der Waals surface area contributed by atoms with Gasteiger partial charge in [-0.3, -0.25) is 4.79 Å². The van der Waals surface area contributed by atoms with Crippen LogP contribution in [0.3, 0.4) is 0 Å². The highest BCUT2D eigenvalue weighted by atomic mass is 32.2. The van der Waals surface area contributed by atoms with Gasteiger partial charge in [-0.05, 0) is 44.4 Å². The molecule has 1 aromatic rings. The van der Waals surface area contributed by atoms with Crippen molar-refractivity contribution in [1.82, 2.24) is 14.9 Å². The molecule has 3 fully saturated rings. The van der Waals surface area contributed by atoms with E-state index in [9.17, 15) is 4.79 Å². The summed E-state index contributed by atoms with van der Waals surface area (Å²) in [6.45, 7) is 2.71. The number of likely N-dealkylation sites (tertiary alicyclic amines) is 1. The average Bonchev–Trinajstić information content (AvgIpc) is 3.28. The second kappa shape index (κ2) is 6.54. The highest BCUT2D eigenvalue weighted by molar-refractivity contribution is 7.98. The Labute approximate surface area is 148 Å². The Balaban J connectivity index is 1.52. The number of rotatable bonds is 3. The largest absolute Gasteiger partial charge is 0.355 e. The Bertz CT molecular complexity index is 619. The van der Waals surface area contributed by atoms with Crippen molar-refractivity contribution in [1.29, 1.82) is 0 Å². The average molecular weight is 347 g/mol. The molecule has 2 aliphatic heterocycles. The summed E-state index contributed by atoms with van der Waals surface area (Å²) in [5, 5.41) is 0.802. The van der Waals surface area contributed by atoms with E-state index in [4.69, 9.17) is 0 Å². The fourth-order valence-electron chi connectivity index (χ4n) is 4.72. The molecule has 1 spiro atoms. The summed E-state index contributed by atoms with van der Waals surface area (Å²) in [4.78, 5) is 26.7. The number of piperidine rings is 1. The zero-order valence-electron chi connectivity index (χ0n) is 14.4. The summed E-state index contributed by atoms with van der Waals surface area (Å²) >= 11 is 1.56. The van der Waals surface area contributed by atoms with Crippen LogP contribution in [0.2, 0.25) is 0 Å². The van der Waals surface area contributed by atoms with Crippen molar-refractivity contribution in [3.05, 3.63) is 12.3 Å². The van der Waals surface area contributed by atoms with Gasteiger partial charge in [0.1, 0.15) is 5.82 Å². The Morgan fingerprint density at radius 3 is 2.83 bits per heavy atom. The first kappa shape index (κ1) is 16.2. The molecule has 0 bridgehead atoms. The second-order valence-corrected chi connectivity index (χ2v) is 8.17. The fraction of sp³-hybridized carbons (Fsp3) is 0.722. The first-order valence-corrected chi connectivity index (χ1v) is 10.4. The number of carbonyl (C=O) groups is 1. The number of amides is 1. The quantitative estimate of drug-likeness (QED) is 0.622. The number of nitrogens with zero attached hydrogens (tertiary/aromatic N) is 4. The summed E-state index contributed by atoms with van der Waals surface area (Å²) in [5.41, 5.74) is -0.175. The summed E-state index contributed by atoms with van der Waals surface area (Å²) in [6.07, 6.45) is 11.9. The van der Waals surface area contributed by atoms with Gasteiger partial charge < -0.3 is 9.80 Å². The van der Waals surface area contributed by atoms with E-state index in [1.54, 1.807) is 11.8 Å². The summed E-state index contributed by atoms with van der Waals surface area (Å²) < 4.78 is 0. The van der Waals surface area contributed by atoms with Crippen LogP contribution in [0.25, 0.3) is 0 Å². The number of hydrogen-bond donors (Lipinski definition) is 0. The topological polar surface area (TPSA) is 49.3 Å². The van der Waals surface area contributed by atoms with Crippen molar-refractivity contribution in [2.45, 2.75) is 56.1 Å². The molecule has 0 radical (unpaired) electrons. The molecule has 6 heteroatoms. The Hall–Kier alpha value is -1.30. The summed E-state index contributed by atoms with van der Waals surface area (Å²) in [5.74, 6) is 1.39. The van der Waals surface area contributed by atoms with Crippen LogP contribution in [0.4, 0.5) is 5.82 Å². The highest BCUT2D eigenvalue weighted by Crippen LogP contribution is 2.43. The standard InChI is InChI=1S/C18H26N4OS/c1-24-17-19-10-7-15(20-17)21-12-9-18(13-21)8-4-11-22(16(18)23)14-5-2-3-6-14/h7,10,14H,2-6,8-9,11-13H2,1H3. The van der Waals surface area contributed by atoms with E-state index >= 15 is 0 Å². The second-order valence-electron chi connectivity index (χ2n) is 7.39. The molecule has 130 valence electrons. The van der Waals surface area contributed by atoms with E-state index in [0.29, 0.717) is 11.9 Å². The SMILES string of the molecule is CSc1nccc(N2CCC3(CCCN(C4CCCC4)C3=O)C2)n1. The molecule has 2 saturated heterocycles. The van der Waals surface area contributed by atoms with Crippen molar-refractivity contribution in [2.24, 2.45) is 5.41 Å². The molecule has 0 aromatic carbocycles. The molecule has 1 aliphatic carbocycles. The van der Waals surface area contributed by atoms with Crippen LogP contribution in [0.15, 0.2) is 17.4 Å². The minimum Gasteiger partial charge on any atom is -0.355 e. The maximum absolute atomic E-state index is 13.3. The van der Waals surface area contributed by atoms with E-state index in [0.717, 1.165) is 49.9 Å². The predicted molar refractivity (Wildman–Crippen MR) is 96.3 cm³/mol. The number of hydrogen-bond acceptors (Lipinski definition) is 5. The third kappa shape index (κ3) is 2.79. The van der Waals surface area contributed by atoms with Crippen molar-refractivity contribution >= 4 is 23.5 Å². The van der Waals surface area contributed by atoms with E-state index in [2.05, 4.69) is 19.8 Å². The van der Waals surface area contributed by atoms with Crippen LogP contribution in [-0.4, -0.2) is 52.7 Å². The van der Waals surface area contributed by atoms with Crippen LogP contribution in [0, 0.1) is 5.41 Å². The fourth-order valence-corrected chi connectivity index (χ4v) is 5.07. The zero-order chi connectivity index (χ0) is 16.6. The van der Waals surface area contributed by atoms with Gasteiger partial charge in [0.15, 0.2) is 5.16 Å². The van der Waals surface area contributed by atoms with Crippen molar-refractivity contribution in [3.8, 4) is 0 Å². The molecule has 0 N–H and O–H groups in total. The molecule has 1 aromatic heterocycles. The molecule has 1 atom stereocenters. The van der Waals surface area contributed by atoms with E-state index < -0.39 is 0 Å². The van der Waals surface area contributed by atoms with Crippen LogP contribution < -0.4 is 4.90 Å². The summed E-state index contributed by atoms with van der Waals surface area (Å²) in [7, 11) is 0. The monoisotopic (exact) mass is 346 g/mol. The third-order valence-corrected chi connectivity index (χ3v) is 6.58.